The van der Waals surface area contributed by atoms with Gasteiger partial charge in [-0.25, -0.2) is 0 Å². The maximum absolute atomic E-state index is 12.5. The second-order valence-electron chi connectivity index (χ2n) is 9.02. The summed E-state index contributed by atoms with van der Waals surface area (Å²) in [6.07, 6.45) is 5.95. The average Bonchev–Trinajstić information content (AvgIpc) is 3.02. The molecule has 0 amide bonds. The van der Waals surface area contributed by atoms with E-state index in [1.165, 1.54) is 17.2 Å². The molecule has 2 saturated carbocycles. The van der Waals surface area contributed by atoms with Crippen LogP contribution in [0.3, 0.4) is 0 Å². The first-order chi connectivity index (χ1) is 14.0. The molecule has 29 heavy (non-hydrogen) atoms. The normalized spacial score (nSPS) is 30.2. The summed E-state index contributed by atoms with van der Waals surface area (Å²) in [5, 5.41) is 11.2. The molecule has 2 aromatic carbocycles. The number of nitro groups is 1. The molecule has 0 radical (unpaired) electrons. The summed E-state index contributed by atoms with van der Waals surface area (Å²) in [5.74, 6) is 3.01. The number of carbonyl (C=O) groups excluding carboxylic acids is 1. The smallest absolute Gasteiger partial charge is 0.311 e. The molecule has 4 atom stereocenters. The molecule has 2 fully saturated rings. The minimum absolute atomic E-state index is 0.0252. The molecule has 5 heteroatoms. The van der Waals surface area contributed by atoms with Gasteiger partial charge in [-0.2, -0.15) is 0 Å². The first-order valence-corrected chi connectivity index (χ1v) is 10.5. The van der Waals surface area contributed by atoms with Crippen LogP contribution >= 0.6 is 0 Å². The fourth-order valence-corrected chi connectivity index (χ4v) is 6.21. The van der Waals surface area contributed by atoms with Crippen molar-refractivity contribution in [2.45, 2.75) is 51.4 Å². The molecule has 3 aliphatic rings. The summed E-state index contributed by atoms with van der Waals surface area (Å²) in [6, 6.07) is 12.6. The number of hydrogen-bond acceptors (Lipinski definition) is 4. The predicted molar refractivity (Wildman–Crippen MR) is 109 cm³/mol. The van der Waals surface area contributed by atoms with E-state index in [4.69, 9.17) is 4.74 Å². The van der Waals surface area contributed by atoms with Gasteiger partial charge < -0.3 is 4.74 Å². The largest absolute Gasteiger partial charge is 0.450 e. The fourth-order valence-electron chi connectivity index (χ4n) is 6.21. The second-order valence-corrected chi connectivity index (χ2v) is 9.02. The molecule has 0 unspecified atom stereocenters. The number of nitro benzene ring substituents is 1. The highest BCUT2D eigenvalue weighted by Crippen LogP contribution is 2.59. The monoisotopic (exact) mass is 391 g/mol. The van der Waals surface area contributed by atoms with Crippen molar-refractivity contribution < 1.29 is 14.5 Å². The Morgan fingerprint density at radius 1 is 1.10 bits per heavy atom. The highest BCUT2D eigenvalue weighted by atomic mass is 16.6. The zero-order chi connectivity index (χ0) is 20.2. The van der Waals surface area contributed by atoms with Crippen LogP contribution in [-0.4, -0.2) is 10.7 Å². The van der Waals surface area contributed by atoms with Crippen molar-refractivity contribution in [1.82, 2.24) is 0 Å². The van der Waals surface area contributed by atoms with E-state index in [0.29, 0.717) is 29.3 Å². The van der Waals surface area contributed by atoms with Crippen LogP contribution in [0.25, 0.3) is 0 Å². The summed E-state index contributed by atoms with van der Waals surface area (Å²) in [4.78, 5) is 23.3. The van der Waals surface area contributed by atoms with Crippen molar-refractivity contribution in [3.63, 3.8) is 0 Å². The first kappa shape index (κ1) is 18.3. The molecule has 2 aromatic rings. The third-order valence-corrected chi connectivity index (χ3v) is 7.70. The van der Waals surface area contributed by atoms with Crippen molar-refractivity contribution >= 4 is 11.5 Å². The lowest BCUT2D eigenvalue weighted by Crippen LogP contribution is -2.42. The summed E-state index contributed by atoms with van der Waals surface area (Å²) < 4.78 is 5.89. The third-order valence-electron chi connectivity index (χ3n) is 7.70. The molecule has 150 valence electrons. The van der Waals surface area contributed by atoms with E-state index in [0.717, 1.165) is 38.5 Å². The Hall–Kier alpha value is -2.69. The Morgan fingerprint density at radius 2 is 1.93 bits per heavy atom. The zero-order valence-electron chi connectivity index (χ0n) is 16.6. The van der Waals surface area contributed by atoms with E-state index >= 15 is 0 Å². The maximum Gasteiger partial charge on any atom is 0.311 e. The van der Waals surface area contributed by atoms with Crippen molar-refractivity contribution in [1.29, 1.82) is 0 Å². The van der Waals surface area contributed by atoms with Crippen LogP contribution in [0.4, 0.5) is 5.69 Å². The highest BCUT2D eigenvalue weighted by Gasteiger charge is 2.54. The van der Waals surface area contributed by atoms with Crippen molar-refractivity contribution in [3.05, 3.63) is 63.7 Å². The van der Waals surface area contributed by atoms with Crippen molar-refractivity contribution in [3.8, 4) is 11.5 Å². The van der Waals surface area contributed by atoms with E-state index in [-0.39, 0.29) is 16.9 Å². The molecule has 0 heterocycles. The van der Waals surface area contributed by atoms with E-state index in [1.54, 1.807) is 18.2 Å². The van der Waals surface area contributed by atoms with Gasteiger partial charge in [0, 0.05) is 17.9 Å². The lowest BCUT2D eigenvalue weighted by molar-refractivity contribution is -0.385. The maximum atomic E-state index is 12.5. The van der Waals surface area contributed by atoms with Gasteiger partial charge in [0.2, 0.25) is 5.75 Å². The lowest BCUT2D eigenvalue weighted by atomic mass is 9.55. The van der Waals surface area contributed by atoms with E-state index < -0.39 is 4.92 Å². The molecule has 5 nitrogen and oxygen atoms in total. The van der Waals surface area contributed by atoms with Crippen LogP contribution in [0, 0.1) is 27.4 Å². The van der Waals surface area contributed by atoms with Crippen LogP contribution in [0.2, 0.25) is 0 Å². The number of hydrogen-bond donors (Lipinski definition) is 0. The molecule has 0 bridgehead atoms. The van der Waals surface area contributed by atoms with Gasteiger partial charge in [0.15, 0.2) is 0 Å². The number of ketones is 1. The number of carbonyl (C=O) groups is 1. The molecule has 3 aliphatic carbocycles. The molecule has 0 spiro atoms. The number of rotatable bonds is 3. The molecule has 0 N–H and O–H groups in total. The van der Waals surface area contributed by atoms with Gasteiger partial charge in [-0.15, -0.1) is 0 Å². The molecular weight excluding hydrogens is 366 g/mol. The predicted octanol–water partition coefficient (Wildman–Crippen LogP) is 5.81. The zero-order valence-corrected chi connectivity index (χ0v) is 16.6. The van der Waals surface area contributed by atoms with Crippen LogP contribution in [0.5, 0.6) is 11.5 Å². The average molecular weight is 391 g/mol. The molecule has 0 aliphatic heterocycles. The topological polar surface area (TPSA) is 69.4 Å². The third kappa shape index (κ3) is 2.86. The number of para-hydroxylation sites is 2. The van der Waals surface area contributed by atoms with Crippen molar-refractivity contribution in [2.75, 3.05) is 0 Å². The van der Waals surface area contributed by atoms with Gasteiger partial charge in [-0.3, -0.25) is 14.9 Å². The molecular formula is C24H25NO4. The summed E-state index contributed by atoms with van der Waals surface area (Å²) >= 11 is 0. The summed E-state index contributed by atoms with van der Waals surface area (Å²) in [6.45, 7) is 2.20. The number of Topliss-reactive ketones (excluding diaryl/α,β-unsaturated/α-hetero) is 1. The van der Waals surface area contributed by atoms with Gasteiger partial charge >= 0.3 is 5.69 Å². The van der Waals surface area contributed by atoms with E-state index in [1.807, 2.05) is 6.07 Å². The van der Waals surface area contributed by atoms with Crippen LogP contribution in [0.15, 0.2) is 42.5 Å². The second kappa shape index (κ2) is 6.68. The Morgan fingerprint density at radius 3 is 2.76 bits per heavy atom. The Balaban J connectivity index is 1.42. The Kier molecular flexibility index (Phi) is 4.23. The summed E-state index contributed by atoms with van der Waals surface area (Å²) in [5.41, 5.74) is 2.55. The first-order valence-electron chi connectivity index (χ1n) is 10.5. The number of aryl methyl sites for hydroxylation is 1. The summed E-state index contributed by atoms with van der Waals surface area (Å²) in [7, 11) is 0. The molecule has 0 aromatic heterocycles. The van der Waals surface area contributed by atoms with E-state index in [9.17, 15) is 14.9 Å². The van der Waals surface area contributed by atoms with Gasteiger partial charge in [-0.05, 0) is 79.2 Å². The number of benzene rings is 2. The Bertz CT molecular complexity index is 1000. The quantitative estimate of drug-likeness (QED) is 0.489. The minimum atomic E-state index is -0.416. The van der Waals surface area contributed by atoms with Crippen LogP contribution in [-0.2, 0) is 11.2 Å². The van der Waals surface area contributed by atoms with Crippen LogP contribution < -0.4 is 4.74 Å². The van der Waals surface area contributed by atoms with Gasteiger partial charge in [0.25, 0.3) is 0 Å². The number of nitrogens with zero attached hydrogens (tertiary/aromatic N) is 1. The van der Waals surface area contributed by atoms with Gasteiger partial charge in [0.05, 0.1) is 4.92 Å². The Labute approximate surface area is 170 Å². The number of fused-ring (bicyclic) bond motifs is 5. The SMILES string of the molecule is C[C@]12CC[C@@H]3c4ccc(Oc5ccccc5[N+](=O)[O-])cc4CC[C@H]3[C@@H]1CCC2=O. The van der Waals surface area contributed by atoms with Crippen molar-refractivity contribution in [2.24, 2.45) is 17.3 Å². The lowest BCUT2D eigenvalue weighted by Gasteiger charge is -2.48. The molecule has 5 rings (SSSR count). The van der Waals surface area contributed by atoms with Crippen LogP contribution in [0.1, 0.15) is 56.1 Å². The van der Waals surface area contributed by atoms with E-state index in [2.05, 4.69) is 19.1 Å². The number of ether oxygens (including phenoxy) is 1. The molecule has 0 saturated heterocycles. The fraction of sp³-hybridized carbons (Fsp3) is 0.458. The standard InChI is InChI=1S/C24H25NO4/c1-24-13-12-18-17-9-7-16(29-22-5-3-2-4-21(22)25(27)28)14-15(17)6-8-19(18)20(24)10-11-23(24)26/h2-5,7,9,14,18-20H,6,8,10-13H2,1H3/t18-,19-,20+,24+/m1/s1. The van der Waals surface area contributed by atoms with Gasteiger partial charge in [0.1, 0.15) is 11.5 Å². The highest BCUT2D eigenvalue weighted by molar-refractivity contribution is 5.87. The van der Waals surface area contributed by atoms with Gasteiger partial charge in [-0.1, -0.05) is 25.1 Å². The minimum Gasteiger partial charge on any atom is -0.450 e.